The van der Waals surface area contributed by atoms with Crippen molar-refractivity contribution >= 4 is 28.2 Å². The van der Waals surface area contributed by atoms with E-state index in [2.05, 4.69) is 10.3 Å². The molecular formula is C16H19N3O3S. The highest BCUT2D eigenvalue weighted by Gasteiger charge is 2.30. The van der Waals surface area contributed by atoms with Crippen molar-refractivity contribution in [3.63, 3.8) is 0 Å². The van der Waals surface area contributed by atoms with Crippen molar-refractivity contribution in [1.29, 1.82) is 0 Å². The van der Waals surface area contributed by atoms with Crippen LogP contribution < -0.4 is 5.32 Å². The first-order valence-electron chi connectivity index (χ1n) is 7.68. The molecule has 2 N–H and O–H groups in total. The highest BCUT2D eigenvalue weighted by Crippen LogP contribution is 2.33. The maximum Gasteiger partial charge on any atom is 0.346 e. The highest BCUT2D eigenvalue weighted by molar-refractivity contribution is 7.18. The Labute approximate surface area is 138 Å². The van der Waals surface area contributed by atoms with Crippen LogP contribution in [0.4, 0.5) is 5.00 Å². The number of amides is 1. The minimum atomic E-state index is -0.947. The number of rotatable bonds is 4. The number of nitrogens with one attached hydrogen (secondary N) is 1. The van der Waals surface area contributed by atoms with Gasteiger partial charge >= 0.3 is 5.97 Å². The number of aryl methyl sites for hydroxylation is 2. The standard InChI is InChI=1S/C16H19N3O3S/c1-3-9-7-12(23-14(9)16(21)22)18-15(20)10-5-4-6-11-13(10)17-8-19(11)2/h7-8,10H,3-6H2,1-2H3,(H,18,20)(H,21,22). The number of hydrogen-bond acceptors (Lipinski definition) is 4. The zero-order chi connectivity index (χ0) is 16.6. The fraction of sp³-hybridized carbons (Fsp3) is 0.438. The molecule has 1 amide bonds. The lowest BCUT2D eigenvalue weighted by Crippen LogP contribution is -2.25. The second-order valence-corrected chi connectivity index (χ2v) is 6.80. The lowest BCUT2D eigenvalue weighted by atomic mass is 9.89. The largest absolute Gasteiger partial charge is 0.477 e. The number of imidazole rings is 1. The first-order valence-corrected chi connectivity index (χ1v) is 8.49. The molecule has 1 aliphatic rings. The van der Waals surface area contributed by atoms with Crippen LogP contribution in [0.15, 0.2) is 12.4 Å². The minimum Gasteiger partial charge on any atom is -0.477 e. The minimum absolute atomic E-state index is 0.106. The van der Waals surface area contributed by atoms with Crippen LogP contribution in [0.5, 0.6) is 0 Å². The summed E-state index contributed by atoms with van der Waals surface area (Å²) in [6.45, 7) is 1.90. The van der Waals surface area contributed by atoms with Gasteiger partial charge < -0.3 is 15.0 Å². The third-order valence-corrected chi connectivity index (χ3v) is 5.36. The molecule has 1 aliphatic carbocycles. The number of aromatic carboxylic acids is 1. The van der Waals surface area contributed by atoms with Crippen LogP contribution in [0, 0.1) is 0 Å². The molecule has 1 atom stereocenters. The molecule has 7 heteroatoms. The van der Waals surface area contributed by atoms with Crippen LogP contribution in [0.25, 0.3) is 0 Å². The summed E-state index contributed by atoms with van der Waals surface area (Å²) in [5.74, 6) is -1.32. The lowest BCUT2D eigenvalue weighted by molar-refractivity contribution is -0.117. The zero-order valence-corrected chi connectivity index (χ0v) is 13.9. The SMILES string of the molecule is CCc1cc(NC(=O)C2CCCc3c2ncn3C)sc1C(=O)O. The Balaban J connectivity index is 1.82. The molecule has 122 valence electrons. The molecule has 0 aromatic carbocycles. The van der Waals surface area contributed by atoms with Gasteiger partial charge in [-0.2, -0.15) is 0 Å². The summed E-state index contributed by atoms with van der Waals surface area (Å²) in [6, 6.07) is 1.76. The van der Waals surface area contributed by atoms with Gasteiger partial charge in [0.2, 0.25) is 5.91 Å². The monoisotopic (exact) mass is 333 g/mol. The Kier molecular flexibility index (Phi) is 4.21. The number of anilines is 1. The molecule has 3 rings (SSSR count). The zero-order valence-electron chi connectivity index (χ0n) is 13.1. The Morgan fingerprint density at radius 2 is 2.30 bits per heavy atom. The van der Waals surface area contributed by atoms with E-state index in [9.17, 15) is 14.7 Å². The van der Waals surface area contributed by atoms with Crippen LogP contribution in [0.2, 0.25) is 0 Å². The van der Waals surface area contributed by atoms with Gasteiger partial charge in [0, 0.05) is 12.7 Å². The van der Waals surface area contributed by atoms with E-state index in [1.54, 1.807) is 12.4 Å². The second-order valence-electron chi connectivity index (χ2n) is 5.75. The van der Waals surface area contributed by atoms with E-state index >= 15 is 0 Å². The topological polar surface area (TPSA) is 84.2 Å². The molecule has 6 nitrogen and oxygen atoms in total. The molecule has 0 saturated heterocycles. The first kappa shape index (κ1) is 15.7. The summed E-state index contributed by atoms with van der Waals surface area (Å²) in [4.78, 5) is 28.5. The predicted molar refractivity (Wildman–Crippen MR) is 88.2 cm³/mol. The molecule has 0 spiro atoms. The van der Waals surface area contributed by atoms with Crippen molar-refractivity contribution in [2.24, 2.45) is 7.05 Å². The maximum absolute atomic E-state index is 12.6. The van der Waals surface area contributed by atoms with E-state index in [-0.39, 0.29) is 11.8 Å². The van der Waals surface area contributed by atoms with Gasteiger partial charge in [-0.1, -0.05) is 6.92 Å². The number of aromatic nitrogens is 2. The van der Waals surface area contributed by atoms with Gasteiger partial charge in [0.25, 0.3) is 0 Å². The molecule has 0 bridgehead atoms. The van der Waals surface area contributed by atoms with E-state index in [1.807, 2.05) is 18.5 Å². The summed E-state index contributed by atoms with van der Waals surface area (Å²) in [5, 5.41) is 12.7. The molecule has 2 aromatic rings. The Bertz CT molecular complexity index is 763. The van der Waals surface area contributed by atoms with E-state index in [4.69, 9.17) is 0 Å². The van der Waals surface area contributed by atoms with Crippen LogP contribution in [-0.2, 0) is 24.7 Å². The fourth-order valence-corrected chi connectivity index (χ4v) is 4.07. The maximum atomic E-state index is 12.6. The number of hydrogen-bond donors (Lipinski definition) is 2. The van der Waals surface area contributed by atoms with Crippen LogP contribution >= 0.6 is 11.3 Å². The first-order chi connectivity index (χ1) is 11.0. The summed E-state index contributed by atoms with van der Waals surface area (Å²) < 4.78 is 1.97. The Morgan fingerprint density at radius 1 is 1.52 bits per heavy atom. The third-order valence-electron chi connectivity index (χ3n) is 4.27. The number of carboxylic acids is 1. The molecule has 0 aliphatic heterocycles. The van der Waals surface area contributed by atoms with Gasteiger partial charge in [0.05, 0.1) is 22.9 Å². The third kappa shape index (κ3) is 2.88. The van der Waals surface area contributed by atoms with Gasteiger partial charge in [-0.15, -0.1) is 11.3 Å². The molecule has 0 radical (unpaired) electrons. The number of carbonyl (C=O) groups is 2. The molecular weight excluding hydrogens is 314 g/mol. The smallest absolute Gasteiger partial charge is 0.346 e. The van der Waals surface area contributed by atoms with Crippen molar-refractivity contribution in [3.8, 4) is 0 Å². The van der Waals surface area contributed by atoms with Gasteiger partial charge in [-0.25, -0.2) is 9.78 Å². The number of thiophene rings is 1. The molecule has 23 heavy (non-hydrogen) atoms. The molecule has 2 heterocycles. The average molecular weight is 333 g/mol. The highest BCUT2D eigenvalue weighted by atomic mass is 32.1. The Hall–Kier alpha value is -2.15. The van der Waals surface area contributed by atoms with Crippen molar-refractivity contribution in [2.45, 2.75) is 38.5 Å². The number of nitrogens with zero attached hydrogens (tertiary/aromatic N) is 2. The fourth-order valence-electron chi connectivity index (χ4n) is 3.08. The van der Waals surface area contributed by atoms with E-state index in [0.717, 1.165) is 47.6 Å². The van der Waals surface area contributed by atoms with Crippen LogP contribution in [0.3, 0.4) is 0 Å². The van der Waals surface area contributed by atoms with Gasteiger partial charge in [0.15, 0.2) is 0 Å². The van der Waals surface area contributed by atoms with E-state index in [1.165, 1.54) is 0 Å². The number of fused-ring (bicyclic) bond motifs is 1. The molecule has 1 unspecified atom stereocenters. The Morgan fingerprint density at radius 3 is 2.96 bits per heavy atom. The molecule has 2 aromatic heterocycles. The summed E-state index contributed by atoms with van der Waals surface area (Å²) in [5.41, 5.74) is 2.71. The predicted octanol–water partition coefficient (Wildman–Crippen LogP) is 2.80. The average Bonchev–Trinajstić information content (AvgIpc) is 3.11. The summed E-state index contributed by atoms with van der Waals surface area (Å²) in [6.07, 6.45) is 5.04. The van der Waals surface area contributed by atoms with E-state index in [0.29, 0.717) is 16.3 Å². The normalized spacial score (nSPS) is 16.9. The quantitative estimate of drug-likeness (QED) is 0.901. The molecule has 0 fully saturated rings. The van der Waals surface area contributed by atoms with Crippen molar-refractivity contribution < 1.29 is 14.7 Å². The number of carboxylic acid groups (broad SMARTS) is 1. The van der Waals surface area contributed by atoms with Gasteiger partial charge in [0.1, 0.15) is 4.88 Å². The molecule has 0 saturated carbocycles. The summed E-state index contributed by atoms with van der Waals surface area (Å²) in [7, 11) is 1.94. The van der Waals surface area contributed by atoms with Crippen molar-refractivity contribution in [3.05, 3.63) is 34.2 Å². The van der Waals surface area contributed by atoms with Gasteiger partial charge in [-0.3, -0.25) is 4.79 Å². The van der Waals surface area contributed by atoms with E-state index < -0.39 is 5.97 Å². The van der Waals surface area contributed by atoms with Crippen LogP contribution in [-0.4, -0.2) is 26.5 Å². The van der Waals surface area contributed by atoms with Crippen molar-refractivity contribution in [2.75, 3.05) is 5.32 Å². The second kappa shape index (κ2) is 6.16. The van der Waals surface area contributed by atoms with Crippen molar-refractivity contribution in [1.82, 2.24) is 9.55 Å². The number of carbonyl (C=O) groups excluding carboxylic acids is 1. The van der Waals surface area contributed by atoms with Gasteiger partial charge in [-0.05, 0) is 37.3 Å². The summed E-state index contributed by atoms with van der Waals surface area (Å²) >= 11 is 1.11. The lowest BCUT2D eigenvalue weighted by Gasteiger charge is -2.21. The van der Waals surface area contributed by atoms with Crippen LogP contribution in [0.1, 0.15) is 52.3 Å².